The first-order chi connectivity index (χ1) is 19.9. The minimum atomic E-state index is -0.645. The highest BCUT2D eigenvalue weighted by atomic mass is 28.2. The lowest BCUT2D eigenvalue weighted by atomic mass is 9.78. The number of allylic oxidation sites excluding steroid dienone is 1. The summed E-state index contributed by atoms with van der Waals surface area (Å²) < 4.78 is 0. The molecule has 0 nitrogen and oxygen atoms in total. The molecule has 4 aromatic rings. The highest BCUT2D eigenvalue weighted by Crippen LogP contribution is 2.53. The van der Waals surface area contributed by atoms with E-state index in [1.165, 1.54) is 44.5 Å². The molecule has 2 aliphatic carbocycles. The third kappa shape index (κ3) is 4.90. The Bertz CT molecular complexity index is 1700. The maximum absolute atomic E-state index is 2.51. The van der Waals surface area contributed by atoms with Crippen LogP contribution in [0.5, 0.6) is 0 Å². The Balaban J connectivity index is 1.43. The highest BCUT2D eigenvalue weighted by molar-refractivity contribution is 6.73. The Hall–Kier alpha value is -3.29. The van der Waals surface area contributed by atoms with Crippen LogP contribution in [0.15, 0.2) is 91.0 Å². The van der Waals surface area contributed by atoms with Crippen LogP contribution < -0.4 is 0 Å². The second kappa shape index (κ2) is 10.5. The molecular weight excluding hydrogens is 521 g/mol. The van der Waals surface area contributed by atoms with E-state index in [0.717, 1.165) is 0 Å². The maximum atomic E-state index is 2.51. The van der Waals surface area contributed by atoms with Crippen molar-refractivity contribution < 1.29 is 0 Å². The lowest BCUT2D eigenvalue weighted by Crippen LogP contribution is -2.20. The van der Waals surface area contributed by atoms with Gasteiger partial charge in [-0.3, -0.25) is 0 Å². The third-order valence-electron chi connectivity index (χ3n) is 9.74. The van der Waals surface area contributed by atoms with Crippen molar-refractivity contribution in [3.63, 3.8) is 0 Å². The normalized spacial score (nSPS) is 19.6. The topological polar surface area (TPSA) is 0 Å². The first kappa shape index (κ1) is 28.8. The van der Waals surface area contributed by atoms with Crippen LogP contribution in [-0.4, -0.2) is 13.6 Å². The minimum absolute atomic E-state index is 0.159. The number of hydrogen-bond donors (Lipinski definition) is 0. The number of hydrogen-bond acceptors (Lipinski definition) is 0. The molecule has 0 aromatic heterocycles. The first-order valence-electron chi connectivity index (χ1n) is 15.7. The molecule has 0 bridgehead atoms. The Labute approximate surface area is 255 Å². The van der Waals surface area contributed by atoms with Gasteiger partial charge >= 0.3 is 0 Å². The van der Waals surface area contributed by atoms with Gasteiger partial charge in [0.2, 0.25) is 0 Å². The van der Waals surface area contributed by atoms with Gasteiger partial charge in [-0.2, -0.15) is 0 Å². The third-order valence-corrected chi connectivity index (χ3v) is 11.5. The molecule has 0 heterocycles. The van der Waals surface area contributed by atoms with Gasteiger partial charge in [-0.05, 0) is 72.4 Å². The monoisotopic (exact) mass is 566 g/mol. The highest BCUT2D eigenvalue weighted by Gasteiger charge is 2.41. The zero-order chi connectivity index (χ0) is 30.0. The van der Waals surface area contributed by atoms with Gasteiger partial charge < -0.3 is 0 Å². The Morgan fingerprint density at radius 3 is 1.62 bits per heavy atom. The van der Waals surface area contributed by atoms with Gasteiger partial charge in [-0.15, -0.1) is 0 Å². The summed E-state index contributed by atoms with van der Waals surface area (Å²) >= 11 is 0. The molecule has 0 saturated heterocycles. The zero-order valence-corrected chi connectivity index (χ0v) is 28.0. The van der Waals surface area contributed by atoms with Crippen LogP contribution in [0.1, 0.15) is 93.7 Å². The van der Waals surface area contributed by atoms with Gasteiger partial charge in [-0.25, -0.2) is 0 Å². The SMILES string of the molecule is CC1C(=[Si](C)C)c2c(-c3ccc(C(C)(C)C)cc3)cccc2C1C1C=Cc2c(-c3ccc(C(C)(C)C)cc3)cccc21. The molecule has 0 saturated carbocycles. The number of benzene rings is 4. The van der Waals surface area contributed by atoms with Crippen LogP contribution in [0.3, 0.4) is 0 Å². The summed E-state index contributed by atoms with van der Waals surface area (Å²) in [4.78, 5) is 0. The molecule has 2 aliphatic rings. The van der Waals surface area contributed by atoms with E-state index in [0.29, 0.717) is 17.8 Å². The van der Waals surface area contributed by atoms with Gasteiger partial charge in [0, 0.05) is 20.2 Å². The van der Waals surface area contributed by atoms with Crippen molar-refractivity contribution in [1.82, 2.24) is 0 Å². The van der Waals surface area contributed by atoms with Gasteiger partial charge in [0.25, 0.3) is 0 Å². The molecule has 0 aliphatic heterocycles. The fourth-order valence-corrected chi connectivity index (χ4v) is 9.37. The standard InChI is InChI=1S/C41H46Si/c1-26-37(35-25-24-34-31(12-10-14-33(34)35)27-16-20-29(21-17-27)40(2,3)4)36-15-11-13-32(38(36)39(26)42(8)9)28-18-22-30(23-19-28)41(5,6)7/h10-26,35,37H,1-9H3. The summed E-state index contributed by atoms with van der Waals surface area (Å²) in [5.41, 5.74) is 14.5. The summed E-state index contributed by atoms with van der Waals surface area (Å²) in [6, 6.07) is 32.7. The summed E-state index contributed by atoms with van der Waals surface area (Å²) in [7, 11) is -0.645. The van der Waals surface area contributed by atoms with Crippen LogP contribution in [0, 0.1) is 5.92 Å². The predicted molar refractivity (Wildman–Crippen MR) is 186 cm³/mol. The smallest absolute Gasteiger partial charge is 0.0102 e. The van der Waals surface area contributed by atoms with Crippen molar-refractivity contribution in [1.29, 1.82) is 0 Å². The maximum Gasteiger partial charge on any atom is 0.0102 e. The van der Waals surface area contributed by atoms with Crippen molar-refractivity contribution in [2.45, 2.75) is 84.2 Å². The molecule has 4 aromatic carbocycles. The van der Waals surface area contributed by atoms with E-state index < -0.39 is 8.41 Å². The van der Waals surface area contributed by atoms with Crippen LogP contribution in [0.2, 0.25) is 13.1 Å². The first-order valence-corrected chi connectivity index (χ1v) is 18.2. The molecule has 3 unspecified atom stereocenters. The largest absolute Gasteiger partial charge is 0.0757 e. The van der Waals surface area contributed by atoms with Crippen LogP contribution in [-0.2, 0) is 10.8 Å². The van der Waals surface area contributed by atoms with Crippen molar-refractivity contribution in [2.24, 2.45) is 5.92 Å². The molecule has 42 heavy (non-hydrogen) atoms. The van der Waals surface area contributed by atoms with E-state index in [1.54, 1.807) is 16.3 Å². The molecule has 1 heteroatoms. The van der Waals surface area contributed by atoms with E-state index in [1.807, 2.05) is 0 Å². The molecular formula is C41H46Si. The van der Waals surface area contributed by atoms with Crippen molar-refractivity contribution in [2.75, 3.05) is 0 Å². The van der Waals surface area contributed by atoms with Gasteiger partial charge in [0.15, 0.2) is 0 Å². The molecule has 3 atom stereocenters. The Morgan fingerprint density at radius 1 is 0.595 bits per heavy atom. The molecule has 0 N–H and O–H groups in total. The van der Waals surface area contributed by atoms with Crippen LogP contribution in [0.25, 0.3) is 28.3 Å². The lowest BCUT2D eigenvalue weighted by molar-refractivity contribution is 0.551. The summed E-state index contributed by atoms with van der Waals surface area (Å²) in [5, 5.41) is 1.71. The molecule has 6 rings (SSSR count). The Morgan fingerprint density at radius 2 is 1.10 bits per heavy atom. The summed E-state index contributed by atoms with van der Waals surface area (Å²) in [6.07, 6.45) is 4.92. The van der Waals surface area contributed by atoms with Crippen LogP contribution in [0.4, 0.5) is 0 Å². The van der Waals surface area contributed by atoms with Crippen molar-refractivity contribution in [3.8, 4) is 22.3 Å². The summed E-state index contributed by atoms with van der Waals surface area (Å²) in [5.74, 6) is 1.37. The minimum Gasteiger partial charge on any atom is -0.0757 e. The van der Waals surface area contributed by atoms with Gasteiger partial charge in [-0.1, -0.05) is 164 Å². The van der Waals surface area contributed by atoms with Gasteiger partial charge in [0.1, 0.15) is 0 Å². The van der Waals surface area contributed by atoms with E-state index in [9.17, 15) is 0 Å². The number of rotatable bonds is 3. The van der Waals surface area contributed by atoms with Crippen molar-refractivity contribution in [3.05, 3.63) is 124 Å². The van der Waals surface area contributed by atoms with E-state index >= 15 is 0 Å². The van der Waals surface area contributed by atoms with Crippen LogP contribution >= 0.6 is 0 Å². The molecule has 0 spiro atoms. The fraction of sp³-hybridized carbons (Fsp3) is 0.341. The quantitative estimate of drug-likeness (QED) is 0.216. The Kier molecular flexibility index (Phi) is 7.17. The average Bonchev–Trinajstić information content (AvgIpc) is 3.50. The van der Waals surface area contributed by atoms with Gasteiger partial charge in [0.05, 0.1) is 0 Å². The van der Waals surface area contributed by atoms with E-state index in [4.69, 9.17) is 0 Å². The molecule has 214 valence electrons. The second-order valence-corrected chi connectivity index (χ2v) is 17.4. The predicted octanol–water partition coefficient (Wildman–Crippen LogP) is 11.0. The zero-order valence-electron chi connectivity index (χ0n) is 27.0. The second-order valence-electron chi connectivity index (χ2n) is 14.8. The fourth-order valence-electron chi connectivity index (χ4n) is 7.50. The lowest BCUT2D eigenvalue weighted by Gasteiger charge is -2.25. The number of fused-ring (bicyclic) bond motifs is 2. The van der Waals surface area contributed by atoms with E-state index in [-0.39, 0.29) is 10.8 Å². The van der Waals surface area contributed by atoms with E-state index in [2.05, 4.69) is 159 Å². The molecule has 0 radical (unpaired) electrons. The summed E-state index contributed by atoms with van der Waals surface area (Å²) in [6.45, 7) is 21.2. The van der Waals surface area contributed by atoms with Crippen molar-refractivity contribution >= 4 is 19.7 Å². The molecule has 0 fully saturated rings. The average molecular weight is 567 g/mol. The molecule has 0 amide bonds.